The van der Waals surface area contributed by atoms with E-state index in [1.807, 2.05) is 30.3 Å². The normalized spacial score (nSPS) is 10.7. The van der Waals surface area contributed by atoms with E-state index in [1.165, 1.54) is 6.08 Å². The molecule has 0 saturated heterocycles. The second-order valence-corrected chi connectivity index (χ2v) is 5.91. The van der Waals surface area contributed by atoms with Crippen LogP contribution in [-0.4, -0.2) is 26.7 Å². The van der Waals surface area contributed by atoms with Crippen molar-refractivity contribution < 1.29 is 14.3 Å². The number of carbonyl (C=O) groups is 1. The number of nitrogens with one attached hydrogen (secondary N) is 1. The van der Waals surface area contributed by atoms with Crippen LogP contribution in [-0.2, 0) is 11.2 Å². The molecule has 0 aromatic heterocycles. The highest BCUT2D eigenvalue weighted by molar-refractivity contribution is 6.30. The van der Waals surface area contributed by atoms with E-state index >= 15 is 0 Å². The van der Waals surface area contributed by atoms with Gasteiger partial charge in [0, 0.05) is 17.6 Å². The molecule has 0 heterocycles. The lowest BCUT2D eigenvalue weighted by molar-refractivity contribution is -0.116. The van der Waals surface area contributed by atoms with E-state index in [2.05, 4.69) is 5.32 Å². The summed E-state index contributed by atoms with van der Waals surface area (Å²) in [4.78, 5) is 11.8. The van der Waals surface area contributed by atoms with Crippen molar-refractivity contribution in [3.05, 3.63) is 64.7 Å². The predicted molar refractivity (Wildman–Crippen MR) is 101 cm³/mol. The van der Waals surface area contributed by atoms with Crippen molar-refractivity contribution in [2.75, 3.05) is 20.8 Å². The fourth-order valence-corrected chi connectivity index (χ4v) is 2.47. The molecule has 132 valence electrons. The highest BCUT2D eigenvalue weighted by Crippen LogP contribution is 2.27. The lowest BCUT2D eigenvalue weighted by atomic mass is 10.1. The number of methoxy groups -OCH3 is 2. The topological polar surface area (TPSA) is 47.6 Å². The maximum atomic E-state index is 11.8. The standard InChI is InChI=1S/C20H22ClNO3/c1-24-18-11-7-16(14-19(18)25-2)4-3-13-22-20(23)12-8-15-5-9-17(21)10-6-15/h5-12,14H,3-4,13H2,1-2H3,(H,22,23)/b12-8+. The van der Waals surface area contributed by atoms with Crippen molar-refractivity contribution in [2.24, 2.45) is 0 Å². The van der Waals surface area contributed by atoms with Crippen LogP contribution in [0.1, 0.15) is 17.5 Å². The van der Waals surface area contributed by atoms with Crippen LogP contribution in [0.2, 0.25) is 5.02 Å². The Kier molecular flexibility index (Phi) is 7.36. The van der Waals surface area contributed by atoms with Gasteiger partial charge in [0.1, 0.15) is 0 Å². The number of rotatable bonds is 8. The summed E-state index contributed by atoms with van der Waals surface area (Å²) in [5, 5.41) is 3.56. The van der Waals surface area contributed by atoms with Crippen LogP contribution in [0.5, 0.6) is 11.5 Å². The Hall–Kier alpha value is -2.46. The van der Waals surface area contributed by atoms with Gasteiger partial charge in [-0.15, -0.1) is 0 Å². The fraction of sp³-hybridized carbons (Fsp3) is 0.250. The minimum absolute atomic E-state index is 0.109. The van der Waals surface area contributed by atoms with Gasteiger partial charge in [-0.05, 0) is 54.3 Å². The van der Waals surface area contributed by atoms with Gasteiger partial charge in [-0.3, -0.25) is 4.79 Å². The molecular formula is C20H22ClNO3. The molecule has 0 aliphatic rings. The molecule has 5 heteroatoms. The third-order valence-electron chi connectivity index (χ3n) is 3.69. The molecule has 1 amide bonds. The number of ether oxygens (including phenoxy) is 2. The quantitative estimate of drug-likeness (QED) is 0.569. The molecule has 0 spiro atoms. The summed E-state index contributed by atoms with van der Waals surface area (Å²) in [7, 11) is 3.24. The molecule has 0 bridgehead atoms. The molecule has 0 fully saturated rings. The second-order valence-electron chi connectivity index (χ2n) is 5.47. The SMILES string of the molecule is COc1ccc(CCCNC(=O)/C=C/c2ccc(Cl)cc2)cc1OC. The maximum Gasteiger partial charge on any atom is 0.243 e. The van der Waals surface area contributed by atoms with E-state index in [1.54, 1.807) is 32.4 Å². The second kappa shape index (κ2) is 9.74. The zero-order valence-corrected chi connectivity index (χ0v) is 15.2. The van der Waals surface area contributed by atoms with Gasteiger partial charge in [0.05, 0.1) is 14.2 Å². The number of hydrogen-bond acceptors (Lipinski definition) is 3. The molecule has 0 radical (unpaired) electrons. The number of hydrogen-bond donors (Lipinski definition) is 1. The zero-order chi connectivity index (χ0) is 18.1. The van der Waals surface area contributed by atoms with Gasteiger partial charge < -0.3 is 14.8 Å². The van der Waals surface area contributed by atoms with Crippen molar-refractivity contribution in [1.29, 1.82) is 0 Å². The van der Waals surface area contributed by atoms with E-state index in [0.717, 1.165) is 29.7 Å². The summed E-state index contributed by atoms with van der Waals surface area (Å²) in [6.45, 7) is 0.609. The van der Waals surface area contributed by atoms with Crippen LogP contribution in [0.15, 0.2) is 48.5 Å². The highest BCUT2D eigenvalue weighted by Gasteiger charge is 2.04. The van der Waals surface area contributed by atoms with Gasteiger partial charge >= 0.3 is 0 Å². The van der Waals surface area contributed by atoms with E-state index in [4.69, 9.17) is 21.1 Å². The smallest absolute Gasteiger partial charge is 0.243 e. The van der Waals surface area contributed by atoms with Gasteiger partial charge in [-0.1, -0.05) is 29.8 Å². The Morgan fingerprint density at radius 1 is 1.08 bits per heavy atom. The Morgan fingerprint density at radius 3 is 2.48 bits per heavy atom. The van der Waals surface area contributed by atoms with E-state index in [-0.39, 0.29) is 5.91 Å². The summed E-state index contributed by atoms with van der Waals surface area (Å²) in [6, 6.07) is 13.2. The average molecular weight is 360 g/mol. The summed E-state index contributed by atoms with van der Waals surface area (Å²) < 4.78 is 10.5. The molecule has 2 aromatic carbocycles. The van der Waals surface area contributed by atoms with Crippen LogP contribution < -0.4 is 14.8 Å². The van der Waals surface area contributed by atoms with Crippen molar-refractivity contribution in [3.63, 3.8) is 0 Å². The van der Waals surface area contributed by atoms with E-state index < -0.39 is 0 Å². The molecule has 1 N–H and O–H groups in total. The van der Waals surface area contributed by atoms with Crippen molar-refractivity contribution in [1.82, 2.24) is 5.32 Å². The highest BCUT2D eigenvalue weighted by atomic mass is 35.5. The minimum Gasteiger partial charge on any atom is -0.493 e. The maximum absolute atomic E-state index is 11.8. The Bertz CT molecular complexity index is 726. The van der Waals surface area contributed by atoms with Gasteiger partial charge in [0.25, 0.3) is 0 Å². The molecule has 2 rings (SSSR count). The molecule has 4 nitrogen and oxygen atoms in total. The first-order chi connectivity index (χ1) is 12.1. The monoisotopic (exact) mass is 359 g/mol. The first kappa shape index (κ1) is 18.9. The van der Waals surface area contributed by atoms with Crippen molar-refractivity contribution in [3.8, 4) is 11.5 Å². The number of aryl methyl sites for hydroxylation is 1. The number of amides is 1. The van der Waals surface area contributed by atoms with Crippen molar-refractivity contribution in [2.45, 2.75) is 12.8 Å². The summed E-state index contributed by atoms with van der Waals surface area (Å²) in [5.41, 5.74) is 2.08. The van der Waals surface area contributed by atoms with Gasteiger partial charge in [-0.25, -0.2) is 0 Å². The molecule has 0 saturated carbocycles. The van der Waals surface area contributed by atoms with E-state index in [0.29, 0.717) is 17.3 Å². The third-order valence-corrected chi connectivity index (χ3v) is 3.94. The van der Waals surface area contributed by atoms with Crippen LogP contribution in [0.3, 0.4) is 0 Å². The Balaban J connectivity index is 1.75. The van der Waals surface area contributed by atoms with Gasteiger partial charge in [0.15, 0.2) is 11.5 Å². The number of carbonyl (C=O) groups excluding carboxylic acids is 1. The summed E-state index contributed by atoms with van der Waals surface area (Å²) in [6.07, 6.45) is 4.98. The van der Waals surface area contributed by atoms with Crippen LogP contribution in [0.4, 0.5) is 0 Å². The lowest BCUT2D eigenvalue weighted by Gasteiger charge is -2.09. The molecular weight excluding hydrogens is 338 g/mol. The van der Waals surface area contributed by atoms with E-state index in [9.17, 15) is 4.79 Å². The molecule has 0 aliphatic carbocycles. The third kappa shape index (κ3) is 6.16. The first-order valence-corrected chi connectivity index (χ1v) is 8.42. The zero-order valence-electron chi connectivity index (χ0n) is 14.4. The molecule has 0 atom stereocenters. The van der Waals surface area contributed by atoms with Crippen LogP contribution in [0, 0.1) is 0 Å². The van der Waals surface area contributed by atoms with Crippen LogP contribution in [0.25, 0.3) is 6.08 Å². The molecule has 0 aliphatic heterocycles. The summed E-state index contributed by atoms with van der Waals surface area (Å²) >= 11 is 5.83. The summed E-state index contributed by atoms with van der Waals surface area (Å²) in [5.74, 6) is 1.32. The largest absolute Gasteiger partial charge is 0.493 e. The number of benzene rings is 2. The molecule has 2 aromatic rings. The Morgan fingerprint density at radius 2 is 1.80 bits per heavy atom. The van der Waals surface area contributed by atoms with Crippen LogP contribution >= 0.6 is 11.6 Å². The molecule has 0 unspecified atom stereocenters. The minimum atomic E-state index is -0.109. The van der Waals surface area contributed by atoms with Crippen molar-refractivity contribution >= 4 is 23.6 Å². The Labute approximate surface area is 153 Å². The molecule has 25 heavy (non-hydrogen) atoms. The average Bonchev–Trinajstić information content (AvgIpc) is 2.64. The first-order valence-electron chi connectivity index (χ1n) is 8.05. The lowest BCUT2D eigenvalue weighted by Crippen LogP contribution is -2.22. The predicted octanol–water partition coefficient (Wildman–Crippen LogP) is 4.12. The van der Waals surface area contributed by atoms with Gasteiger partial charge in [-0.2, -0.15) is 0 Å². The number of halogens is 1. The fourth-order valence-electron chi connectivity index (χ4n) is 2.34. The van der Waals surface area contributed by atoms with Gasteiger partial charge in [0.2, 0.25) is 5.91 Å².